The van der Waals surface area contributed by atoms with Crippen molar-refractivity contribution in [1.29, 1.82) is 0 Å². The van der Waals surface area contributed by atoms with Crippen molar-refractivity contribution >= 4 is 58.1 Å². The molecule has 0 spiro atoms. The highest BCUT2D eigenvalue weighted by molar-refractivity contribution is 7.59. The summed E-state index contributed by atoms with van der Waals surface area (Å²) < 4.78 is 16.3. The van der Waals surface area contributed by atoms with Gasteiger partial charge in [0.15, 0.2) is 5.78 Å². The molecule has 4 atom stereocenters. The lowest BCUT2D eigenvalue weighted by molar-refractivity contribution is -0.138. The number of hydrogen-bond acceptors (Lipinski definition) is 7. The quantitative estimate of drug-likeness (QED) is 0.423. The number of carbonyl (C=O) groups excluding carboxylic acids is 3. The van der Waals surface area contributed by atoms with Gasteiger partial charge in [-0.2, -0.15) is 40.5 Å². The highest BCUT2D eigenvalue weighted by Gasteiger charge is 2.53. The topological polar surface area (TPSA) is 97.4 Å². The van der Waals surface area contributed by atoms with E-state index in [0.29, 0.717) is 17.9 Å². The molecule has 1 aromatic rings. The van der Waals surface area contributed by atoms with Gasteiger partial charge in [0.25, 0.3) is 5.91 Å². The van der Waals surface area contributed by atoms with Crippen molar-refractivity contribution in [2.75, 3.05) is 53.6 Å². The van der Waals surface area contributed by atoms with E-state index < -0.39 is 18.2 Å². The fourth-order valence-corrected chi connectivity index (χ4v) is 5.80. The maximum Gasteiger partial charge on any atom is 0.251 e. The molecule has 9 nitrogen and oxygen atoms in total. The molecule has 0 saturated carbocycles. The number of methoxy groups -OCH3 is 2. The molecule has 1 aromatic carbocycles. The van der Waals surface area contributed by atoms with Gasteiger partial charge in [0.2, 0.25) is 5.91 Å². The van der Waals surface area contributed by atoms with Gasteiger partial charge < -0.3 is 29.3 Å². The molecule has 2 amide bonds. The van der Waals surface area contributed by atoms with Crippen molar-refractivity contribution in [1.82, 2.24) is 15.1 Å². The predicted octanol–water partition coefficient (Wildman–Crippen LogP) is 2.83. The Kier molecular flexibility index (Phi) is 17.8. The van der Waals surface area contributed by atoms with E-state index >= 15 is 0 Å². The number of nitrogens with zero attached hydrogens (tertiary/aromatic N) is 2. The first-order chi connectivity index (χ1) is 17.8. The van der Waals surface area contributed by atoms with E-state index in [2.05, 4.69) is 10.2 Å². The number of ketones is 1. The number of piperidine rings is 1. The number of hydrogen-bond donors (Lipinski definition) is 1. The largest absolute Gasteiger partial charge is 0.383 e. The SMILES string of the molecule is C.COCCN1CCC(c2ccc(C(=O)N[C@@H](CC(C)C)C(=O)N3C[C@@H](OC)[C@H]4OCC(=O)[C@H]43)cc2)CC1.S.S.S. The van der Waals surface area contributed by atoms with Crippen LogP contribution in [0.25, 0.3) is 0 Å². The number of likely N-dealkylation sites (tertiary alicyclic amines) is 2. The molecule has 236 valence electrons. The van der Waals surface area contributed by atoms with Crippen molar-refractivity contribution in [3.05, 3.63) is 35.4 Å². The molecule has 3 heterocycles. The number of ether oxygens (including phenoxy) is 3. The minimum atomic E-state index is -0.728. The van der Waals surface area contributed by atoms with E-state index in [4.69, 9.17) is 14.2 Å². The minimum absolute atomic E-state index is 0. The van der Waals surface area contributed by atoms with Gasteiger partial charge in [-0.3, -0.25) is 14.4 Å². The molecule has 0 bridgehead atoms. The van der Waals surface area contributed by atoms with Crippen molar-refractivity contribution in [3.8, 4) is 0 Å². The highest BCUT2D eigenvalue weighted by atomic mass is 32.1. The van der Waals surface area contributed by atoms with E-state index in [1.54, 1.807) is 19.1 Å². The van der Waals surface area contributed by atoms with E-state index in [1.165, 1.54) is 5.56 Å². The Morgan fingerprint density at radius 2 is 1.71 bits per heavy atom. The normalized spacial score (nSPS) is 23.0. The Hall–Kier alpha value is -1.28. The van der Waals surface area contributed by atoms with Gasteiger partial charge in [-0.1, -0.05) is 33.4 Å². The Morgan fingerprint density at radius 3 is 2.27 bits per heavy atom. The number of rotatable bonds is 10. The number of amides is 2. The van der Waals surface area contributed by atoms with Crippen LogP contribution in [0.1, 0.15) is 62.4 Å². The van der Waals surface area contributed by atoms with Crippen LogP contribution in [-0.4, -0.2) is 105 Å². The summed E-state index contributed by atoms with van der Waals surface area (Å²) in [5, 5.41) is 2.95. The van der Waals surface area contributed by atoms with Gasteiger partial charge >= 0.3 is 0 Å². The van der Waals surface area contributed by atoms with Crippen LogP contribution in [0, 0.1) is 5.92 Å². The number of carbonyl (C=O) groups is 3. The van der Waals surface area contributed by atoms with Crippen molar-refractivity contribution in [2.24, 2.45) is 5.92 Å². The summed E-state index contributed by atoms with van der Waals surface area (Å²) >= 11 is 0. The molecule has 0 aliphatic carbocycles. The number of fused-ring (bicyclic) bond motifs is 1. The van der Waals surface area contributed by atoms with Crippen LogP contribution in [0.3, 0.4) is 0 Å². The fraction of sp³-hybridized carbons (Fsp3) is 0.690. The summed E-state index contributed by atoms with van der Waals surface area (Å²) in [4.78, 5) is 43.2. The molecule has 41 heavy (non-hydrogen) atoms. The van der Waals surface area contributed by atoms with Crippen LogP contribution < -0.4 is 5.32 Å². The van der Waals surface area contributed by atoms with Crippen LogP contribution in [0.2, 0.25) is 0 Å². The van der Waals surface area contributed by atoms with Gasteiger partial charge in [-0.05, 0) is 61.9 Å². The van der Waals surface area contributed by atoms with Crippen molar-refractivity contribution in [2.45, 2.75) is 70.7 Å². The Bertz CT molecular complexity index is 960. The van der Waals surface area contributed by atoms with E-state index in [0.717, 1.165) is 39.1 Å². The first-order valence-corrected chi connectivity index (χ1v) is 13.4. The standard InChI is InChI=1S/C28H41N3O6.CH4.3H2S/c1-18(2)15-22(28(34)31-16-24(36-4)26-25(31)23(32)17-37-26)29-27(33)21-7-5-19(6-8-21)20-9-11-30(12-10-20)13-14-35-3;;;;/h5-8,18,20,22,24-26H,9-17H2,1-4H3,(H,29,33);1H4;3*1H2/t22-,24+,25+,26+;;;;/m0..../s1. The first-order valence-electron chi connectivity index (χ1n) is 13.4. The first kappa shape index (κ1) is 39.7. The van der Waals surface area contributed by atoms with Crippen LogP contribution >= 0.6 is 40.5 Å². The molecular weight excluding hydrogens is 583 g/mol. The smallest absolute Gasteiger partial charge is 0.251 e. The summed E-state index contributed by atoms with van der Waals surface area (Å²) in [5.41, 5.74) is 1.77. The Balaban J connectivity index is 0.00000400. The third-order valence-electron chi connectivity index (χ3n) is 7.88. The van der Waals surface area contributed by atoms with Crippen LogP contribution in [0.5, 0.6) is 0 Å². The molecule has 0 radical (unpaired) electrons. The summed E-state index contributed by atoms with van der Waals surface area (Å²) in [6.07, 6.45) is 1.85. The molecule has 3 fully saturated rings. The minimum Gasteiger partial charge on any atom is -0.383 e. The molecule has 3 aliphatic rings. The second-order valence-corrected chi connectivity index (χ2v) is 10.8. The number of benzene rings is 1. The molecule has 4 rings (SSSR count). The zero-order valence-corrected chi connectivity index (χ0v) is 27.0. The van der Waals surface area contributed by atoms with Gasteiger partial charge in [-0.25, -0.2) is 0 Å². The lowest BCUT2D eigenvalue weighted by atomic mass is 9.89. The summed E-state index contributed by atoms with van der Waals surface area (Å²) in [6, 6.07) is 6.39. The second kappa shape index (κ2) is 18.4. The van der Waals surface area contributed by atoms with Crippen molar-refractivity contribution in [3.63, 3.8) is 0 Å². The zero-order chi connectivity index (χ0) is 26.5. The maximum absolute atomic E-state index is 13.6. The van der Waals surface area contributed by atoms with Gasteiger partial charge in [0.1, 0.15) is 30.9 Å². The van der Waals surface area contributed by atoms with Crippen molar-refractivity contribution < 1.29 is 28.6 Å². The molecule has 1 N–H and O–H groups in total. The van der Waals surface area contributed by atoms with Gasteiger partial charge in [-0.15, -0.1) is 0 Å². The summed E-state index contributed by atoms with van der Waals surface area (Å²) in [7, 11) is 3.29. The van der Waals surface area contributed by atoms with Crippen LogP contribution in [-0.2, 0) is 23.8 Å². The van der Waals surface area contributed by atoms with E-state index in [-0.39, 0.29) is 90.7 Å². The summed E-state index contributed by atoms with van der Waals surface area (Å²) in [6.45, 7) is 8.09. The molecular formula is C29H51N3O6S3. The molecule has 0 unspecified atom stereocenters. The van der Waals surface area contributed by atoms with Gasteiger partial charge in [0, 0.05) is 26.3 Å². The number of nitrogens with one attached hydrogen (secondary N) is 1. The lowest BCUT2D eigenvalue weighted by Gasteiger charge is -2.32. The maximum atomic E-state index is 13.6. The van der Waals surface area contributed by atoms with Crippen LogP contribution in [0.15, 0.2) is 24.3 Å². The highest BCUT2D eigenvalue weighted by Crippen LogP contribution is 2.31. The van der Waals surface area contributed by atoms with Crippen LogP contribution in [0.4, 0.5) is 0 Å². The Morgan fingerprint density at radius 1 is 1.07 bits per heavy atom. The van der Waals surface area contributed by atoms with Gasteiger partial charge in [0.05, 0.1) is 13.2 Å². The monoisotopic (exact) mass is 633 g/mol. The summed E-state index contributed by atoms with van der Waals surface area (Å²) in [5.74, 6) is 0.000588. The molecule has 3 saturated heterocycles. The fourth-order valence-electron chi connectivity index (χ4n) is 5.80. The average Bonchev–Trinajstić information content (AvgIpc) is 3.47. The molecule has 12 heteroatoms. The molecule has 3 aliphatic heterocycles. The third-order valence-corrected chi connectivity index (χ3v) is 7.88. The average molecular weight is 634 g/mol. The van der Waals surface area contributed by atoms with E-state index in [9.17, 15) is 14.4 Å². The third kappa shape index (κ3) is 9.61. The zero-order valence-electron chi connectivity index (χ0n) is 24.0. The molecule has 0 aromatic heterocycles. The Labute approximate surface area is 266 Å². The second-order valence-electron chi connectivity index (χ2n) is 10.8. The predicted molar refractivity (Wildman–Crippen MR) is 176 cm³/mol. The van der Waals surface area contributed by atoms with E-state index in [1.807, 2.05) is 38.1 Å². The number of Topliss-reactive ketones (excluding diaryl/α,β-unsaturated/α-hetero) is 1. The lowest BCUT2D eigenvalue weighted by Crippen LogP contribution is -2.52.